The Kier molecular flexibility index (Phi) is 10.3. The number of carboxylic acids is 1. The number of carbonyl (C=O) groups excluding carboxylic acids is 1. The number of carboxylic acid groups (broad SMARTS) is 1. The lowest BCUT2D eigenvalue weighted by Gasteiger charge is -2.22. The molecule has 3 rings (SSSR count). The first-order chi connectivity index (χ1) is 15.6. The van der Waals surface area contributed by atoms with E-state index in [0.717, 1.165) is 48.9 Å². The number of hydrogen-bond donors (Lipinski definition) is 3. The molecule has 2 saturated carbocycles. The van der Waals surface area contributed by atoms with E-state index >= 15 is 0 Å². The van der Waals surface area contributed by atoms with Crippen LogP contribution in [0.2, 0.25) is 0 Å². The molecule has 5 nitrogen and oxygen atoms in total. The molecule has 1 aromatic rings. The minimum absolute atomic E-state index is 0.278. The van der Waals surface area contributed by atoms with Crippen molar-refractivity contribution < 1.29 is 14.7 Å². The van der Waals surface area contributed by atoms with Crippen LogP contribution in [0.25, 0.3) is 0 Å². The molecule has 1 atom stereocenters. The quantitative estimate of drug-likeness (QED) is 0.379. The highest BCUT2D eigenvalue weighted by atomic mass is 16.4. The summed E-state index contributed by atoms with van der Waals surface area (Å²) in [5, 5.41) is 16.2. The van der Waals surface area contributed by atoms with Gasteiger partial charge in [0.15, 0.2) is 0 Å². The Labute approximate surface area is 193 Å². The Morgan fingerprint density at radius 1 is 0.906 bits per heavy atom. The second-order valence-electron chi connectivity index (χ2n) is 9.51. The van der Waals surface area contributed by atoms with Crippen LogP contribution in [-0.2, 0) is 22.6 Å². The van der Waals surface area contributed by atoms with E-state index in [9.17, 15) is 14.7 Å². The maximum Gasteiger partial charge on any atom is 0.326 e. The highest BCUT2D eigenvalue weighted by Crippen LogP contribution is 2.22. The zero-order valence-electron chi connectivity index (χ0n) is 19.4. The summed E-state index contributed by atoms with van der Waals surface area (Å²) < 4.78 is 0. The number of carbonyl (C=O) groups is 2. The molecule has 0 unspecified atom stereocenters. The minimum Gasteiger partial charge on any atom is -0.480 e. The topological polar surface area (TPSA) is 78.4 Å². The first-order valence-electron chi connectivity index (χ1n) is 12.6. The van der Waals surface area contributed by atoms with Gasteiger partial charge in [-0.3, -0.25) is 4.79 Å². The standard InChI is InChI=1S/C27H40N2O3/c30-26(18-21-12-6-4-5-7-13-21)29-25(27(31)32)19-22-14-10-11-15-23(22)20-28-24-16-8-2-1-3-9-17-24/h10-11,14-15,18,24-25,28H,1-9,12-13,16-17,19-20H2,(H,29,30)(H,31,32)/t25-/m0/s1. The molecule has 5 heteroatoms. The zero-order valence-corrected chi connectivity index (χ0v) is 19.4. The number of benzene rings is 1. The molecule has 3 N–H and O–H groups in total. The monoisotopic (exact) mass is 440 g/mol. The number of aliphatic carboxylic acids is 1. The highest BCUT2D eigenvalue weighted by Gasteiger charge is 2.21. The van der Waals surface area contributed by atoms with E-state index < -0.39 is 12.0 Å². The van der Waals surface area contributed by atoms with E-state index in [2.05, 4.69) is 16.7 Å². The SMILES string of the molecule is O=C(C=C1CCCCCC1)N[C@@H](Cc1ccccc1CNC1CCCCCCC1)C(=O)O. The van der Waals surface area contributed by atoms with E-state index in [1.807, 2.05) is 18.2 Å². The Morgan fingerprint density at radius 3 is 2.16 bits per heavy atom. The molecule has 0 spiro atoms. The van der Waals surface area contributed by atoms with Crippen molar-refractivity contribution in [3.63, 3.8) is 0 Å². The van der Waals surface area contributed by atoms with Gasteiger partial charge in [-0.05, 0) is 49.7 Å². The normalized spacial score (nSPS) is 19.3. The highest BCUT2D eigenvalue weighted by molar-refractivity contribution is 5.91. The van der Waals surface area contributed by atoms with Gasteiger partial charge in [0.1, 0.15) is 6.04 Å². The van der Waals surface area contributed by atoms with Crippen LogP contribution >= 0.6 is 0 Å². The molecule has 0 bridgehead atoms. The molecule has 0 aromatic heterocycles. The van der Waals surface area contributed by atoms with E-state index in [1.165, 1.54) is 57.8 Å². The summed E-state index contributed by atoms with van der Waals surface area (Å²) in [6.45, 7) is 0.741. The summed E-state index contributed by atoms with van der Waals surface area (Å²) >= 11 is 0. The van der Waals surface area contributed by atoms with Crippen molar-refractivity contribution in [3.05, 3.63) is 47.0 Å². The van der Waals surface area contributed by atoms with Crippen LogP contribution in [0.15, 0.2) is 35.9 Å². The molecule has 1 amide bonds. The lowest BCUT2D eigenvalue weighted by atomic mass is 9.95. The first kappa shape index (κ1) is 24.5. The van der Waals surface area contributed by atoms with Gasteiger partial charge in [0, 0.05) is 25.1 Å². The molecule has 1 aromatic carbocycles. The van der Waals surface area contributed by atoms with E-state index in [-0.39, 0.29) is 5.91 Å². The van der Waals surface area contributed by atoms with Crippen LogP contribution in [0.4, 0.5) is 0 Å². The van der Waals surface area contributed by atoms with Gasteiger partial charge < -0.3 is 15.7 Å². The van der Waals surface area contributed by atoms with Gasteiger partial charge in [0.05, 0.1) is 0 Å². The average Bonchev–Trinajstić information content (AvgIpc) is 3.02. The van der Waals surface area contributed by atoms with Crippen LogP contribution < -0.4 is 10.6 Å². The minimum atomic E-state index is -0.986. The largest absolute Gasteiger partial charge is 0.480 e. The van der Waals surface area contributed by atoms with Gasteiger partial charge in [-0.15, -0.1) is 0 Å². The Morgan fingerprint density at radius 2 is 1.50 bits per heavy atom. The lowest BCUT2D eigenvalue weighted by Crippen LogP contribution is -2.42. The maximum atomic E-state index is 12.5. The van der Waals surface area contributed by atoms with Crippen molar-refractivity contribution in [1.29, 1.82) is 0 Å². The van der Waals surface area contributed by atoms with Crippen molar-refractivity contribution >= 4 is 11.9 Å². The van der Waals surface area contributed by atoms with Crippen molar-refractivity contribution in [2.24, 2.45) is 0 Å². The summed E-state index contributed by atoms with van der Waals surface area (Å²) in [4.78, 5) is 24.5. The molecule has 0 saturated heterocycles. The summed E-state index contributed by atoms with van der Waals surface area (Å²) in [7, 11) is 0. The molecule has 0 radical (unpaired) electrons. The summed E-state index contributed by atoms with van der Waals surface area (Å²) in [5.74, 6) is -1.26. The summed E-state index contributed by atoms with van der Waals surface area (Å²) in [6.07, 6.45) is 17.5. The Hall–Kier alpha value is -2.14. The van der Waals surface area contributed by atoms with E-state index in [4.69, 9.17) is 0 Å². The van der Waals surface area contributed by atoms with Crippen LogP contribution in [0.3, 0.4) is 0 Å². The molecule has 2 aliphatic rings. The third kappa shape index (κ3) is 8.42. The fraction of sp³-hybridized carbons (Fsp3) is 0.630. The molecule has 2 fully saturated rings. The Bertz CT molecular complexity index is 756. The van der Waals surface area contributed by atoms with Crippen molar-refractivity contribution in [3.8, 4) is 0 Å². The number of allylic oxidation sites excluding steroid dienone is 1. The molecule has 2 aliphatic carbocycles. The van der Waals surface area contributed by atoms with Gasteiger partial charge in [-0.1, -0.05) is 74.8 Å². The lowest BCUT2D eigenvalue weighted by molar-refractivity contribution is -0.141. The van der Waals surface area contributed by atoms with Gasteiger partial charge in [0.2, 0.25) is 5.91 Å². The van der Waals surface area contributed by atoms with E-state index in [0.29, 0.717) is 12.5 Å². The molecular weight excluding hydrogens is 400 g/mol. The van der Waals surface area contributed by atoms with Gasteiger partial charge in [-0.2, -0.15) is 0 Å². The maximum absolute atomic E-state index is 12.5. The smallest absolute Gasteiger partial charge is 0.326 e. The number of amides is 1. The van der Waals surface area contributed by atoms with Crippen molar-refractivity contribution in [2.45, 2.75) is 109 Å². The molecule has 32 heavy (non-hydrogen) atoms. The molecule has 0 heterocycles. The van der Waals surface area contributed by atoms with Gasteiger partial charge in [-0.25, -0.2) is 4.79 Å². The molecule has 176 valence electrons. The second kappa shape index (κ2) is 13.4. The van der Waals surface area contributed by atoms with Gasteiger partial charge >= 0.3 is 5.97 Å². The third-order valence-corrected chi connectivity index (χ3v) is 6.92. The van der Waals surface area contributed by atoms with E-state index in [1.54, 1.807) is 6.08 Å². The van der Waals surface area contributed by atoms with Crippen molar-refractivity contribution in [1.82, 2.24) is 10.6 Å². The van der Waals surface area contributed by atoms with Crippen LogP contribution in [0.1, 0.15) is 94.6 Å². The third-order valence-electron chi connectivity index (χ3n) is 6.92. The predicted octanol–water partition coefficient (Wildman–Crippen LogP) is 5.28. The molecule has 0 aliphatic heterocycles. The first-order valence-corrected chi connectivity index (χ1v) is 12.6. The predicted molar refractivity (Wildman–Crippen MR) is 128 cm³/mol. The fourth-order valence-corrected chi connectivity index (χ4v) is 4.99. The number of hydrogen-bond acceptors (Lipinski definition) is 3. The van der Waals surface area contributed by atoms with Crippen LogP contribution in [0.5, 0.6) is 0 Å². The van der Waals surface area contributed by atoms with Crippen LogP contribution in [0, 0.1) is 0 Å². The Balaban J connectivity index is 1.60. The molecular formula is C27H40N2O3. The second-order valence-corrected chi connectivity index (χ2v) is 9.51. The fourth-order valence-electron chi connectivity index (χ4n) is 4.99. The van der Waals surface area contributed by atoms with Crippen molar-refractivity contribution in [2.75, 3.05) is 0 Å². The summed E-state index contributed by atoms with van der Waals surface area (Å²) in [5.41, 5.74) is 3.26. The zero-order chi connectivity index (χ0) is 22.6. The number of rotatable bonds is 8. The average molecular weight is 441 g/mol. The van der Waals surface area contributed by atoms with Gasteiger partial charge in [0.25, 0.3) is 0 Å². The van der Waals surface area contributed by atoms with Crippen LogP contribution in [-0.4, -0.2) is 29.1 Å². The summed E-state index contributed by atoms with van der Waals surface area (Å²) in [6, 6.07) is 7.62. The number of nitrogens with one attached hydrogen (secondary N) is 2.